The second kappa shape index (κ2) is 4.15. The average Bonchev–Trinajstić information content (AvgIpc) is 2.41. The van der Waals surface area contributed by atoms with Crippen molar-refractivity contribution in [3.63, 3.8) is 0 Å². The highest BCUT2D eigenvalue weighted by molar-refractivity contribution is 4.89. The van der Waals surface area contributed by atoms with Crippen molar-refractivity contribution < 1.29 is 0 Å². The Bertz CT molecular complexity index is 153. The number of unbranched alkanes of at least 4 members (excludes halogenated alkanes) is 2. The quantitative estimate of drug-likeness (QED) is 0.562. The minimum atomic E-state index is 1.18. The van der Waals surface area contributed by atoms with Gasteiger partial charge >= 0.3 is 0 Å². The van der Waals surface area contributed by atoms with E-state index < -0.39 is 0 Å². The second-order valence-electron chi connectivity index (χ2n) is 2.63. The first-order chi connectivity index (χ1) is 4.93. The Kier molecular flexibility index (Phi) is 3.07. The summed E-state index contributed by atoms with van der Waals surface area (Å²) in [7, 11) is 0. The van der Waals surface area contributed by atoms with Crippen LogP contribution in [-0.2, 0) is 6.54 Å². The van der Waals surface area contributed by atoms with Crippen LogP contribution in [0.5, 0.6) is 0 Å². The molecule has 1 heterocycles. The maximum Gasteiger partial charge on any atom is 0.0219 e. The zero-order valence-corrected chi connectivity index (χ0v) is 6.59. The van der Waals surface area contributed by atoms with Gasteiger partial charge in [-0.1, -0.05) is 19.8 Å². The summed E-state index contributed by atoms with van der Waals surface area (Å²) in [5, 5.41) is 0. The van der Waals surface area contributed by atoms with E-state index in [0.29, 0.717) is 0 Å². The van der Waals surface area contributed by atoms with Crippen LogP contribution in [0.1, 0.15) is 26.2 Å². The summed E-state index contributed by atoms with van der Waals surface area (Å²) in [5.74, 6) is 0. The highest BCUT2D eigenvalue weighted by Crippen LogP contribution is 1.98. The van der Waals surface area contributed by atoms with Crippen LogP contribution in [0.3, 0.4) is 0 Å². The van der Waals surface area contributed by atoms with Gasteiger partial charge in [0.2, 0.25) is 0 Å². The molecule has 0 saturated heterocycles. The Labute approximate surface area is 62.7 Å². The molecular formula is C9H15N. The van der Waals surface area contributed by atoms with Crippen molar-refractivity contribution >= 4 is 0 Å². The van der Waals surface area contributed by atoms with Gasteiger partial charge in [-0.3, -0.25) is 0 Å². The molecule has 0 spiro atoms. The van der Waals surface area contributed by atoms with Crippen LogP contribution in [0.2, 0.25) is 0 Å². The minimum absolute atomic E-state index is 1.18. The fourth-order valence-electron chi connectivity index (χ4n) is 1.06. The predicted molar refractivity (Wildman–Crippen MR) is 44.0 cm³/mol. The predicted octanol–water partition coefficient (Wildman–Crippen LogP) is 2.68. The third-order valence-electron chi connectivity index (χ3n) is 1.69. The number of nitrogens with zero attached hydrogens (tertiary/aromatic N) is 1. The van der Waals surface area contributed by atoms with Crippen LogP contribution >= 0.6 is 0 Å². The number of hydrogen-bond acceptors (Lipinski definition) is 0. The van der Waals surface area contributed by atoms with E-state index in [2.05, 4.69) is 36.0 Å². The van der Waals surface area contributed by atoms with Crippen LogP contribution in [-0.4, -0.2) is 4.57 Å². The first kappa shape index (κ1) is 7.39. The number of aromatic nitrogens is 1. The van der Waals surface area contributed by atoms with Gasteiger partial charge in [0, 0.05) is 18.9 Å². The monoisotopic (exact) mass is 137 g/mol. The van der Waals surface area contributed by atoms with E-state index in [1.165, 1.54) is 25.8 Å². The van der Waals surface area contributed by atoms with Gasteiger partial charge in [-0.15, -0.1) is 0 Å². The molecule has 1 nitrogen and oxygen atoms in total. The van der Waals surface area contributed by atoms with Crippen LogP contribution in [0.4, 0.5) is 0 Å². The molecule has 1 aromatic heterocycles. The lowest BCUT2D eigenvalue weighted by molar-refractivity contribution is 0.604. The van der Waals surface area contributed by atoms with Gasteiger partial charge in [-0.2, -0.15) is 0 Å². The van der Waals surface area contributed by atoms with E-state index in [9.17, 15) is 0 Å². The lowest BCUT2D eigenvalue weighted by atomic mass is 10.2. The lowest BCUT2D eigenvalue weighted by Gasteiger charge is -1.99. The zero-order chi connectivity index (χ0) is 7.23. The Morgan fingerprint density at radius 3 is 2.40 bits per heavy atom. The van der Waals surface area contributed by atoms with Gasteiger partial charge in [0.05, 0.1) is 0 Å². The molecule has 0 fully saturated rings. The fraction of sp³-hybridized carbons (Fsp3) is 0.556. The van der Waals surface area contributed by atoms with Gasteiger partial charge in [-0.25, -0.2) is 0 Å². The first-order valence-corrected chi connectivity index (χ1v) is 4.04. The van der Waals surface area contributed by atoms with Crippen molar-refractivity contribution in [3.8, 4) is 0 Å². The van der Waals surface area contributed by atoms with Crippen molar-refractivity contribution in [2.24, 2.45) is 0 Å². The SMILES string of the molecule is CCCCCn1cccc1. The Hall–Kier alpha value is -0.720. The summed E-state index contributed by atoms with van der Waals surface area (Å²) in [6, 6.07) is 4.15. The fourth-order valence-corrected chi connectivity index (χ4v) is 1.06. The molecule has 0 aliphatic carbocycles. The molecular weight excluding hydrogens is 122 g/mol. The van der Waals surface area contributed by atoms with Gasteiger partial charge in [0.25, 0.3) is 0 Å². The van der Waals surface area contributed by atoms with E-state index >= 15 is 0 Å². The lowest BCUT2D eigenvalue weighted by Crippen LogP contribution is -1.92. The van der Waals surface area contributed by atoms with Crippen molar-refractivity contribution in [3.05, 3.63) is 24.5 Å². The smallest absolute Gasteiger partial charge is 0.0219 e. The highest BCUT2D eigenvalue weighted by Gasteiger charge is 1.86. The highest BCUT2D eigenvalue weighted by atomic mass is 14.9. The van der Waals surface area contributed by atoms with Crippen molar-refractivity contribution in [1.29, 1.82) is 0 Å². The molecule has 0 radical (unpaired) electrons. The molecule has 0 amide bonds. The minimum Gasteiger partial charge on any atom is -0.354 e. The van der Waals surface area contributed by atoms with Gasteiger partial charge in [-0.05, 0) is 18.6 Å². The summed E-state index contributed by atoms with van der Waals surface area (Å²) >= 11 is 0. The molecule has 0 atom stereocenters. The van der Waals surface area contributed by atoms with E-state index in [0.717, 1.165) is 0 Å². The maximum absolute atomic E-state index is 2.23. The van der Waals surface area contributed by atoms with E-state index in [-0.39, 0.29) is 0 Å². The first-order valence-electron chi connectivity index (χ1n) is 4.04. The summed E-state index contributed by atoms with van der Waals surface area (Å²) in [5.41, 5.74) is 0. The molecule has 0 aromatic carbocycles. The Morgan fingerprint density at radius 2 is 1.80 bits per heavy atom. The second-order valence-corrected chi connectivity index (χ2v) is 2.63. The van der Waals surface area contributed by atoms with Gasteiger partial charge in [0.1, 0.15) is 0 Å². The Balaban J connectivity index is 2.15. The molecule has 10 heavy (non-hydrogen) atoms. The molecule has 0 bridgehead atoms. The van der Waals surface area contributed by atoms with Gasteiger partial charge in [0.15, 0.2) is 0 Å². The topological polar surface area (TPSA) is 4.93 Å². The molecule has 1 aromatic rings. The average molecular weight is 137 g/mol. The van der Waals surface area contributed by atoms with Crippen LogP contribution in [0.25, 0.3) is 0 Å². The van der Waals surface area contributed by atoms with E-state index in [1.54, 1.807) is 0 Å². The molecule has 0 N–H and O–H groups in total. The van der Waals surface area contributed by atoms with Gasteiger partial charge < -0.3 is 4.57 Å². The maximum atomic E-state index is 2.23. The largest absolute Gasteiger partial charge is 0.354 e. The molecule has 0 aliphatic heterocycles. The number of hydrogen-bond donors (Lipinski definition) is 0. The van der Waals surface area contributed by atoms with Crippen LogP contribution in [0, 0.1) is 0 Å². The van der Waals surface area contributed by atoms with E-state index in [1.807, 2.05) is 0 Å². The van der Waals surface area contributed by atoms with Crippen molar-refractivity contribution in [2.45, 2.75) is 32.7 Å². The number of aryl methyl sites for hydroxylation is 1. The number of rotatable bonds is 4. The standard InChI is InChI=1S/C9H15N/c1-2-3-4-7-10-8-5-6-9-10/h5-6,8-9H,2-4,7H2,1H3. The molecule has 0 saturated carbocycles. The molecule has 1 heteroatoms. The third kappa shape index (κ3) is 2.26. The normalized spacial score (nSPS) is 10.1. The third-order valence-corrected chi connectivity index (χ3v) is 1.69. The van der Waals surface area contributed by atoms with Crippen molar-refractivity contribution in [2.75, 3.05) is 0 Å². The molecule has 56 valence electrons. The summed E-state index contributed by atoms with van der Waals surface area (Å²) < 4.78 is 2.23. The molecule has 1 rings (SSSR count). The van der Waals surface area contributed by atoms with Crippen LogP contribution < -0.4 is 0 Å². The Morgan fingerprint density at radius 1 is 1.10 bits per heavy atom. The summed E-state index contributed by atoms with van der Waals surface area (Å²) in [4.78, 5) is 0. The summed E-state index contributed by atoms with van der Waals surface area (Å²) in [6.45, 7) is 3.41. The molecule has 0 aliphatic rings. The summed E-state index contributed by atoms with van der Waals surface area (Å²) in [6.07, 6.45) is 8.20. The zero-order valence-electron chi connectivity index (χ0n) is 6.59. The van der Waals surface area contributed by atoms with Crippen molar-refractivity contribution in [1.82, 2.24) is 4.57 Å². The molecule has 0 unspecified atom stereocenters. The van der Waals surface area contributed by atoms with E-state index in [4.69, 9.17) is 0 Å². The van der Waals surface area contributed by atoms with Crippen LogP contribution in [0.15, 0.2) is 24.5 Å².